The summed E-state index contributed by atoms with van der Waals surface area (Å²) in [6.07, 6.45) is 1.18. The maximum atomic E-state index is 3.80. The normalized spacial score (nSPS) is 12.2. The van der Waals surface area contributed by atoms with Crippen LogP contribution in [-0.4, -0.2) is 26.3 Å². The van der Waals surface area contributed by atoms with E-state index in [1.165, 1.54) is 21.8 Å². The molecule has 0 spiro atoms. The van der Waals surface area contributed by atoms with Crippen molar-refractivity contribution in [1.82, 2.24) is 5.32 Å². The van der Waals surface area contributed by atoms with Crippen LogP contribution in [0.25, 0.3) is 0 Å². The first-order valence-electron chi connectivity index (χ1n) is 6.91. The number of hydrogen-bond donors (Lipinski definition) is 1. The molecule has 106 valence electrons. The fourth-order valence-corrected chi connectivity index (χ4v) is 4.66. The molecule has 1 atom stereocenters. The topological polar surface area (TPSA) is 12.0 Å². The van der Waals surface area contributed by atoms with Crippen molar-refractivity contribution in [3.8, 4) is 0 Å². The van der Waals surface area contributed by atoms with E-state index in [9.17, 15) is 0 Å². The van der Waals surface area contributed by atoms with Crippen molar-refractivity contribution < 1.29 is 0 Å². The van der Waals surface area contributed by atoms with Crippen LogP contribution in [-0.2, 0) is 6.54 Å². The minimum absolute atomic E-state index is 0.578. The molecule has 1 unspecified atom stereocenters. The summed E-state index contributed by atoms with van der Waals surface area (Å²) in [5.41, 5.74) is 1.35. The van der Waals surface area contributed by atoms with Gasteiger partial charge in [-0.25, -0.2) is 0 Å². The molecule has 2 aromatic carbocycles. The van der Waals surface area contributed by atoms with Gasteiger partial charge in [0, 0.05) is 0 Å². The maximum absolute atomic E-state index is 3.80. The Kier molecular flexibility index (Phi) is 7.38. The molecule has 0 saturated heterocycles. The Bertz CT molecular complexity index is 475. The summed E-state index contributed by atoms with van der Waals surface area (Å²) in [5, 5.41) is 4.76. The SMILES string of the molecule is BrC(CCNCc1ccccc1)C[Se]c1ccccc1. The molecule has 0 heterocycles. The molecule has 2 aromatic rings. The van der Waals surface area contributed by atoms with E-state index in [1.54, 1.807) is 0 Å². The predicted molar refractivity (Wildman–Crippen MR) is 92.1 cm³/mol. The molecule has 0 radical (unpaired) electrons. The third kappa shape index (κ3) is 6.23. The molecule has 0 aliphatic carbocycles. The van der Waals surface area contributed by atoms with E-state index in [-0.39, 0.29) is 0 Å². The van der Waals surface area contributed by atoms with Gasteiger partial charge < -0.3 is 0 Å². The van der Waals surface area contributed by atoms with E-state index in [1.807, 2.05) is 0 Å². The Morgan fingerprint density at radius 1 is 0.950 bits per heavy atom. The van der Waals surface area contributed by atoms with Gasteiger partial charge in [0.25, 0.3) is 0 Å². The van der Waals surface area contributed by atoms with Crippen molar-refractivity contribution in [3.05, 3.63) is 66.2 Å². The van der Waals surface area contributed by atoms with Crippen LogP contribution >= 0.6 is 15.9 Å². The second-order valence-electron chi connectivity index (χ2n) is 4.67. The Morgan fingerprint density at radius 3 is 2.30 bits per heavy atom. The van der Waals surface area contributed by atoms with Gasteiger partial charge in [0.1, 0.15) is 0 Å². The van der Waals surface area contributed by atoms with Crippen LogP contribution in [0, 0.1) is 0 Å². The molecule has 20 heavy (non-hydrogen) atoms. The number of benzene rings is 2. The van der Waals surface area contributed by atoms with Gasteiger partial charge in [-0.05, 0) is 0 Å². The fraction of sp³-hybridized carbons (Fsp3) is 0.294. The Morgan fingerprint density at radius 2 is 1.60 bits per heavy atom. The van der Waals surface area contributed by atoms with Crippen LogP contribution in [0.3, 0.4) is 0 Å². The molecule has 0 aromatic heterocycles. The summed E-state index contributed by atoms with van der Waals surface area (Å²) < 4.78 is 1.49. The average Bonchev–Trinajstić information content (AvgIpc) is 2.52. The second-order valence-corrected chi connectivity index (χ2v) is 8.26. The Labute approximate surface area is 136 Å². The third-order valence-electron chi connectivity index (χ3n) is 2.98. The van der Waals surface area contributed by atoms with Gasteiger partial charge in [-0.2, -0.15) is 0 Å². The standard InChI is InChI=1S/C17H20BrNSe/c18-16(14-20-17-9-5-2-6-10-17)11-12-19-13-15-7-3-1-4-8-15/h1-10,16,19H,11-14H2. The van der Waals surface area contributed by atoms with Crippen molar-refractivity contribution in [2.45, 2.75) is 23.1 Å². The summed E-state index contributed by atoms with van der Waals surface area (Å²) in [7, 11) is 0. The van der Waals surface area contributed by atoms with Crippen molar-refractivity contribution >= 4 is 35.3 Å². The van der Waals surface area contributed by atoms with Crippen LogP contribution in [0.2, 0.25) is 5.32 Å². The van der Waals surface area contributed by atoms with E-state index in [4.69, 9.17) is 0 Å². The number of halogens is 1. The summed E-state index contributed by atoms with van der Waals surface area (Å²) in [5.74, 6) is 0. The van der Waals surface area contributed by atoms with Crippen LogP contribution in [0.4, 0.5) is 0 Å². The summed E-state index contributed by atoms with van der Waals surface area (Å²) in [4.78, 5) is 0.617. The molecule has 1 N–H and O–H groups in total. The quantitative estimate of drug-likeness (QED) is 0.409. The monoisotopic (exact) mass is 397 g/mol. The number of hydrogen-bond acceptors (Lipinski definition) is 1. The van der Waals surface area contributed by atoms with E-state index in [0.717, 1.165) is 13.1 Å². The van der Waals surface area contributed by atoms with E-state index in [0.29, 0.717) is 19.8 Å². The molecule has 0 amide bonds. The molecule has 0 bridgehead atoms. The van der Waals surface area contributed by atoms with Gasteiger partial charge in [-0.15, -0.1) is 0 Å². The van der Waals surface area contributed by atoms with Crippen LogP contribution in [0.5, 0.6) is 0 Å². The molecule has 0 aliphatic heterocycles. The van der Waals surface area contributed by atoms with E-state index >= 15 is 0 Å². The number of nitrogens with one attached hydrogen (secondary N) is 1. The number of rotatable bonds is 8. The van der Waals surface area contributed by atoms with E-state index in [2.05, 4.69) is 81.9 Å². The zero-order valence-electron chi connectivity index (χ0n) is 11.5. The molecule has 2 rings (SSSR count). The van der Waals surface area contributed by atoms with Crippen molar-refractivity contribution in [2.24, 2.45) is 0 Å². The summed E-state index contributed by atoms with van der Waals surface area (Å²) in [6, 6.07) is 21.4. The van der Waals surface area contributed by atoms with Crippen LogP contribution < -0.4 is 9.78 Å². The number of alkyl halides is 1. The second kappa shape index (κ2) is 9.36. The van der Waals surface area contributed by atoms with Crippen molar-refractivity contribution in [2.75, 3.05) is 6.54 Å². The average molecular weight is 397 g/mol. The van der Waals surface area contributed by atoms with Gasteiger partial charge in [-0.3, -0.25) is 0 Å². The first-order valence-corrected chi connectivity index (χ1v) is 9.89. The molecule has 0 saturated carbocycles. The molecule has 0 fully saturated rings. The molecule has 1 nitrogen and oxygen atoms in total. The van der Waals surface area contributed by atoms with Crippen LogP contribution in [0.15, 0.2) is 60.7 Å². The zero-order valence-corrected chi connectivity index (χ0v) is 14.8. The minimum atomic E-state index is 0.578. The molecular formula is C17H20BrNSe. The molecule has 0 aliphatic rings. The van der Waals surface area contributed by atoms with Gasteiger partial charge in [0.2, 0.25) is 0 Å². The van der Waals surface area contributed by atoms with Gasteiger partial charge in [0.05, 0.1) is 0 Å². The fourth-order valence-electron chi connectivity index (χ4n) is 1.87. The zero-order chi connectivity index (χ0) is 14.0. The first-order chi connectivity index (χ1) is 9.84. The summed E-state index contributed by atoms with van der Waals surface area (Å²) in [6.45, 7) is 2.03. The van der Waals surface area contributed by atoms with Gasteiger partial charge in [0.15, 0.2) is 0 Å². The Hall–Kier alpha value is -0.601. The van der Waals surface area contributed by atoms with Crippen molar-refractivity contribution in [1.29, 1.82) is 0 Å². The third-order valence-corrected chi connectivity index (χ3v) is 7.19. The predicted octanol–water partition coefficient (Wildman–Crippen LogP) is 3.38. The summed E-state index contributed by atoms with van der Waals surface area (Å²) >= 11 is 4.38. The molecular weight excluding hydrogens is 377 g/mol. The Balaban J connectivity index is 1.57. The van der Waals surface area contributed by atoms with Crippen LogP contribution in [0.1, 0.15) is 12.0 Å². The van der Waals surface area contributed by atoms with Crippen molar-refractivity contribution in [3.63, 3.8) is 0 Å². The first kappa shape index (κ1) is 15.8. The van der Waals surface area contributed by atoms with Gasteiger partial charge >= 0.3 is 137 Å². The molecule has 3 heteroatoms. The van der Waals surface area contributed by atoms with E-state index < -0.39 is 0 Å². The van der Waals surface area contributed by atoms with Gasteiger partial charge in [-0.1, -0.05) is 0 Å².